The fourth-order valence-electron chi connectivity index (χ4n) is 1.65. The van der Waals surface area contributed by atoms with Gasteiger partial charge in [-0.3, -0.25) is 0 Å². The molecule has 0 fully saturated rings. The first kappa shape index (κ1) is 13.5. The molecule has 0 saturated heterocycles. The van der Waals surface area contributed by atoms with Gasteiger partial charge in [0.1, 0.15) is 5.82 Å². The van der Waals surface area contributed by atoms with E-state index in [9.17, 15) is 9.18 Å². The van der Waals surface area contributed by atoms with E-state index in [1.54, 1.807) is 6.07 Å². The molecule has 1 aromatic carbocycles. The second-order valence-corrected chi connectivity index (χ2v) is 5.11. The van der Waals surface area contributed by atoms with E-state index in [1.807, 2.05) is 25.1 Å². The van der Waals surface area contributed by atoms with Crippen LogP contribution < -0.4 is 0 Å². The number of carbonyl (C=O) groups is 1. The minimum atomic E-state index is -0.377. The van der Waals surface area contributed by atoms with Gasteiger partial charge in [0, 0.05) is 15.8 Å². The number of allylic oxidation sites excluding steroid dienone is 1. The van der Waals surface area contributed by atoms with Gasteiger partial charge in [-0.2, -0.15) is 0 Å². The summed E-state index contributed by atoms with van der Waals surface area (Å²) in [7, 11) is 1.35. The Bertz CT molecular complexity index is 629. The molecule has 0 amide bonds. The van der Waals surface area contributed by atoms with Crippen LogP contribution in [-0.4, -0.2) is 13.1 Å². The topological polar surface area (TPSA) is 26.3 Å². The monoisotopic (exact) mass is 276 g/mol. The Morgan fingerprint density at radius 2 is 2.11 bits per heavy atom. The number of esters is 1. The van der Waals surface area contributed by atoms with Gasteiger partial charge in [0.2, 0.25) is 0 Å². The Hall–Kier alpha value is -1.94. The van der Waals surface area contributed by atoms with Crippen molar-refractivity contribution in [1.29, 1.82) is 0 Å². The molecule has 0 aliphatic heterocycles. The number of carbonyl (C=O) groups excluding carboxylic acids is 1. The highest BCUT2D eigenvalue weighted by atomic mass is 32.1. The number of hydrogen-bond donors (Lipinski definition) is 0. The molecule has 0 spiro atoms. The number of rotatable bonds is 3. The van der Waals surface area contributed by atoms with Crippen LogP contribution in [0.15, 0.2) is 42.5 Å². The number of hydrogen-bond acceptors (Lipinski definition) is 3. The molecule has 0 N–H and O–H groups in total. The molecule has 2 aromatic rings. The molecule has 0 bridgehead atoms. The Balaban J connectivity index is 2.29. The molecule has 0 unspecified atom stereocenters. The maximum absolute atomic E-state index is 13.2. The van der Waals surface area contributed by atoms with Crippen molar-refractivity contribution >= 4 is 22.9 Å². The number of methoxy groups -OCH3 is 1. The molecule has 19 heavy (non-hydrogen) atoms. The van der Waals surface area contributed by atoms with Gasteiger partial charge in [0.05, 0.1) is 7.11 Å². The minimum Gasteiger partial charge on any atom is -0.466 e. The van der Waals surface area contributed by atoms with Crippen LogP contribution in [-0.2, 0) is 9.53 Å². The van der Waals surface area contributed by atoms with Crippen LogP contribution >= 0.6 is 11.3 Å². The highest BCUT2D eigenvalue weighted by molar-refractivity contribution is 7.16. The van der Waals surface area contributed by atoms with E-state index in [4.69, 9.17) is 0 Å². The highest BCUT2D eigenvalue weighted by Crippen LogP contribution is 2.32. The maximum atomic E-state index is 13.2. The van der Waals surface area contributed by atoms with Gasteiger partial charge in [-0.1, -0.05) is 12.1 Å². The molecule has 2 nitrogen and oxygen atoms in total. The van der Waals surface area contributed by atoms with Crippen LogP contribution in [0.25, 0.3) is 16.0 Å². The van der Waals surface area contributed by atoms with Gasteiger partial charge in [-0.05, 0) is 42.3 Å². The Morgan fingerprint density at radius 1 is 1.32 bits per heavy atom. The van der Waals surface area contributed by atoms with Gasteiger partial charge >= 0.3 is 5.97 Å². The zero-order chi connectivity index (χ0) is 13.8. The van der Waals surface area contributed by atoms with Gasteiger partial charge in [-0.25, -0.2) is 9.18 Å². The van der Waals surface area contributed by atoms with Crippen molar-refractivity contribution < 1.29 is 13.9 Å². The molecule has 0 radical (unpaired) electrons. The van der Waals surface area contributed by atoms with Crippen LogP contribution in [0.4, 0.5) is 4.39 Å². The van der Waals surface area contributed by atoms with E-state index in [2.05, 4.69) is 4.74 Å². The summed E-state index contributed by atoms with van der Waals surface area (Å²) < 4.78 is 17.8. The van der Waals surface area contributed by atoms with Crippen molar-refractivity contribution in [2.75, 3.05) is 7.11 Å². The SMILES string of the molecule is COC(=O)/C=C(\C)c1ccc(-c2cccc(F)c2)s1. The third-order valence-electron chi connectivity index (χ3n) is 2.64. The zero-order valence-corrected chi connectivity index (χ0v) is 11.5. The predicted octanol–water partition coefficient (Wildman–Crippen LogP) is 4.13. The zero-order valence-electron chi connectivity index (χ0n) is 10.6. The molecule has 0 aliphatic rings. The Morgan fingerprint density at radius 3 is 2.79 bits per heavy atom. The standard InChI is InChI=1S/C15H13FO2S/c1-10(8-15(17)18-2)13-6-7-14(19-13)11-4-3-5-12(16)9-11/h3-9H,1-2H3/b10-8+. The Labute approximate surface area is 115 Å². The largest absolute Gasteiger partial charge is 0.466 e. The summed E-state index contributed by atoms with van der Waals surface area (Å²) in [6, 6.07) is 10.3. The van der Waals surface area contributed by atoms with Crippen molar-refractivity contribution in [3.05, 3.63) is 53.2 Å². The van der Waals surface area contributed by atoms with Crippen LogP contribution in [0.3, 0.4) is 0 Å². The summed E-state index contributed by atoms with van der Waals surface area (Å²) in [5.74, 6) is -0.632. The highest BCUT2D eigenvalue weighted by Gasteiger charge is 2.06. The molecule has 4 heteroatoms. The molecule has 0 atom stereocenters. The van der Waals surface area contributed by atoms with E-state index in [0.717, 1.165) is 20.9 Å². The molecule has 1 aromatic heterocycles. The van der Waals surface area contributed by atoms with Crippen molar-refractivity contribution in [3.8, 4) is 10.4 Å². The van der Waals surface area contributed by atoms with Crippen LogP contribution in [0.5, 0.6) is 0 Å². The molecule has 98 valence electrons. The second-order valence-electron chi connectivity index (χ2n) is 4.02. The first-order chi connectivity index (χ1) is 9.10. The number of thiophene rings is 1. The second kappa shape index (κ2) is 5.80. The predicted molar refractivity (Wildman–Crippen MR) is 75.4 cm³/mol. The van der Waals surface area contributed by atoms with E-state index >= 15 is 0 Å². The molecule has 0 aliphatic carbocycles. The van der Waals surface area contributed by atoms with Gasteiger partial charge in [-0.15, -0.1) is 11.3 Å². The fraction of sp³-hybridized carbons (Fsp3) is 0.133. The van der Waals surface area contributed by atoms with E-state index in [0.29, 0.717) is 0 Å². The molecule has 2 rings (SSSR count). The molecule has 0 saturated carbocycles. The number of ether oxygens (including phenoxy) is 1. The van der Waals surface area contributed by atoms with Crippen molar-refractivity contribution in [2.24, 2.45) is 0 Å². The van der Waals surface area contributed by atoms with Crippen LogP contribution in [0.2, 0.25) is 0 Å². The third-order valence-corrected chi connectivity index (χ3v) is 3.91. The summed E-state index contributed by atoms with van der Waals surface area (Å²) in [5.41, 5.74) is 1.67. The van der Waals surface area contributed by atoms with Crippen molar-refractivity contribution in [2.45, 2.75) is 6.92 Å². The minimum absolute atomic E-state index is 0.255. The quantitative estimate of drug-likeness (QED) is 0.622. The van der Waals surface area contributed by atoms with Crippen LogP contribution in [0, 0.1) is 5.82 Å². The van der Waals surface area contributed by atoms with Crippen molar-refractivity contribution in [1.82, 2.24) is 0 Å². The number of halogens is 1. The molecular formula is C15H13FO2S. The Kier molecular flexibility index (Phi) is 4.12. The van der Waals surface area contributed by atoms with Gasteiger partial charge < -0.3 is 4.74 Å². The molecule has 1 heterocycles. The number of benzene rings is 1. The third kappa shape index (κ3) is 3.29. The van der Waals surface area contributed by atoms with Crippen molar-refractivity contribution in [3.63, 3.8) is 0 Å². The lowest BCUT2D eigenvalue weighted by Crippen LogP contribution is -1.94. The van der Waals surface area contributed by atoms with E-state index in [-0.39, 0.29) is 11.8 Å². The summed E-state index contributed by atoms with van der Waals surface area (Å²) >= 11 is 1.51. The average Bonchev–Trinajstić information content (AvgIpc) is 2.88. The van der Waals surface area contributed by atoms with Gasteiger partial charge in [0.25, 0.3) is 0 Å². The summed E-state index contributed by atoms with van der Waals surface area (Å²) in [6.45, 7) is 1.85. The van der Waals surface area contributed by atoms with E-state index in [1.165, 1.54) is 36.7 Å². The smallest absolute Gasteiger partial charge is 0.330 e. The lowest BCUT2D eigenvalue weighted by atomic mass is 10.2. The average molecular weight is 276 g/mol. The lowest BCUT2D eigenvalue weighted by molar-refractivity contribution is -0.134. The fourth-order valence-corrected chi connectivity index (χ4v) is 2.63. The lowest BCUT2D eigenvalue weighted by Gasteiger charge is -1.98. The summed E-state index contributed by atoms with van der Waals surface area (Å²) in [4.78, 5) is 13.1. The molecular weight excluding hydrogens is 263 g/mol. The summed E-state index contributed by atoms with van der Waals surface area (Å²) in [6.07, 6.45) is 1.45. The maximum Gasteiger partial charge on any atom is 0.330 e. The van der Waals surface area contributed by atoms with Crippen LogP contribution in [0.1, 0.15) is 11.8 Å². The summed E-state index contributed by atoms with van der Waals surface area (Å²) in [5, 5.41) is 0. The van der Waals surface area contributed by atoms with E-state index < -0.39 is 0 Å². The first-order valence-corrected chi connectivity index (χ1v) is 6.54. The first-order valence-electron chi connectivity index (χ1n) is 5.72. The normalized spacial score (nSPS) is 11.4. The van der Waals surface area contributed by atoms with Gasteiger partial charge in [0.15, 0.2) is 0 Å².